The van der Waals surface area contributed by atoms with Crippen molar-refractivity contribution >= 4 is 28.9 Å². The number of esters is 1. The van der Waals surface area contributed by atoms with Crippen LogP contribution in [0.15, 0.2) is 53.9 Å². The molecule has 0 N–H and O–H groups in total. The van der Waals surface area contributed by atoms with E-state index in [1.807, 2.05) is 12.3 Å². The van der Waals surface area contributed by atoms with Crippen LogP contribution in [-0.4, -0.2) is 11.0 Å². The predicted octanol–water partition coefficient (Wildman–Crippen LogP) is 4.90. The Morgan fingerprint density at radius 2 is 2.04 bits per heavy atom. The Kier molecular flexibility index (Phi) is 5.13. The molecule has 0 aliphatic carbocycles. The predicted molar refractivity (Wildman–Crippen MR) is 94.0 cm³/mol. The van der Waals surface area contributed by atoms with Crippen LogP contribution >= 0.6 is 22.9 Å². The number of halogens is 1. The summed E-state index contributed by atoms with van der Waals surface area (Å²) in [5, 5.41) is 3.33. The fourth-order valence-corrected chi connectivity index (χ4v) is 2.80. The van der Waals surface area contributed by atoms with E-state index in [2.05, 4.69) is 4.98 Å². The lowest BCUT2D eigenvalue weighted by molar-refractivity contribution is 0.0734. The summed E-state index contributed by atoms with van der Waals surface area (Å²) in [6, 6.07) is 13.7. The van der Waals surface area contributed by atoms with Gasteiger partial charge in [0.1, 0.15) is 18.1 Å². The van der Waals surface area contributed by atoms with Crippen molar-refractivity contribution in [2.45, 2.75) is 13.5 Å². The molecule has 0 unspecified atom stereocenters. The Balaban J connectivity index is 1.68. The van der Waals surface area contributed by atoms with E-state index in [1.165, 1.54) is 0 Å². The molecular weight excluding hydrogens is 346 g/mol. The van der Waals surface area contributed by atoms with Crippen LogP contribution in [0.2, 0.25) is 5.02 Å². The van der Waals surface area contributed by atoms with Crippen LogP contribution in [0.1, 0.15) is 21.1 Å². The second-order valence-electron chi connectivity index (χ2n) is 4.99. The third kappa shape index (κ3) is 4.13. The molecule has 4 nitrogen and oxygen atoms in total. The van der Waals surface area contributed by atoms with Gasteiger partial charge in [0.25, 0.3) is 0 Å². The van der Waals surface area contributed by atoms with Gasteiger partial charge in [-0.3, -0.25) is 0 Å². The number of benzene rings is 2. The Morgan fingerprint density at radius 3 is 2.79 bits per heavy atom. The summed E-state index contributed by atoms with van der Waals surface area (Å²) in [5.41, 5.74) is 1.25. The fraction of sp³-hybridized carbons (Fsp3) is 0.111. The van der Waals surface area contributed by atoms with Crippen LogP contribution in [0, 0.1) is 6.92 Å². The van der Waals surface area contributed by atoms with Crippen molar-refractivity contribution in [1.82, 2.24) is 4.98 Å². The summed E-state index contributed by atoms with van der Waals surface area (Å²) >= 11 is 7.57. The molecule has 0 aliphatic rings. The standard InChI is InChI=1S/C18H14ClNO3S/c1-12-20-14(11-24-12)10-22-15-6-4-5-13(9-15)18(21)23-17-8-3-2-7-16(17)19/h2-9,11H,10H2,1H3. The Bertz CT molecular complexity index is 863. The maximum Gasteiger partial charge on any atom is 0.343 e. The van der Waals surface area contributed by atoms with Crippen molar-refractivity contribution in [3.05, 3.63) is 75.2 Å². The second kappa shape index (κ2) is 7.47. The van der Waals surface area contributed by atoms with E-state index < -0.39 is 5.97 Å². The highest BCUT2D eigenvalue weighted by Gasteiger charge is 2.12. The van der Waals surface area contributed by atoms with Crippen LogP contribution in [0.3, 0.4) is 0 Å². The van der Waals surface area contributed by atoms with E-state index in [1.54, 1.807) is 59.9 Å². The number of carbonyl (C=O) groups is 1. The number of nitrogens with zero attached hydrogens (tertiary/aromatic N) is 1. The highest BCUT2D eigenvalue weighted by molar-refractivity contribution is 7.09. The number of aryl methyl sites for hydroxylation is 1. The van der Waals surface area contributed by atoms with Gasteiger partial charge in [0.2, 0.25) is 0 Å². The molecule has 2 aromatic carbocycles. The van der Waals surface area contributed by atoms with Crippen molar-refractivity contribution in [1.29, 1.82) is 0 Å². The highest BCUT2D eigenvalue weighted by atomic mass is 35.5. The number of rotatable bonds is 5. The molecule has 0 saturated heterocycles. The molecule has 24 heavy (non-hydrogen) atoms. The van der Waals surface area contributed by atoms with Gasteiger partial charge in [-0.25, -0.2) is 9.78 Å². The third-order valence-electron chi connectivity index (χ3n) is 3.16. The molecule has 0 spiro atoms. The summed E-state index contributed by atoms with van der Waals surface area (Å²) in [7, 11) is 0. The molecule has 0 saturated carbocycles. The average molecular weight is 360 g/mol. The molecule has 1 aromatic heterocycles. The summed E-state index contributed by atoms with van der Waals surface area (Å²) in [5.74, 6) is 0.417. The molecule has 0 bridgehead atoms. The molecule has 0 fully saturated rings. The van der Waals surface area contributed by atoms with Crippen LogP contribution in [-0.2, 0) is 6.61 Å². The summed E-state index contributed by atoms with van der Waals surface area (Å²) < 4.78 is 11.0. The monoisotopic (exact) mass is 359 g/mol. The van der Waals surface area contributed by atoms with E-state index in [0.717, 1.165) is 10.7 Å². The van der Waals surface area contributed by atoms with Gasteiger partial charge in [0, 0.05) is 5.38 Å². The lowest BCUT2D eigenvalue weighted by atomic mass is 10.2. The molecule has 3 aromatic rings. The quantitative estimate of drug-likeness (QED) is 0.480. The van der Waals surface area contributed by atoms with Crippen LogP contribution in [0.4, 0.5) is 0 Å². The molecule has 122 valence electrons. The topological polar surface area (TPSA) is 48.4 Å². The highest BCUT2D eigenvalue weighted by Crippen LogP contribution is 2.25. The van der Waals surface area contributed by atoms with E-state index in [0.29, 0.717) is 28.7 Å². The van der Waals surface area contributed by atoms with Crippen molar-refractivity contribution < 1.29 is 14.3 Å². The van der Waals surface area contributed by atoms with Gasteiger partial charge in [-0.15, -0.1) is 11.3 Å². The first kappa shape index (κ1) is 16.5. The second-order valence-corrected chi connectivity index (χ2v) is 6.46. The van der Waals surface area contributed by atoms with Crippen molar-refractivity contribution in [2.75, 3.05) is 0 Å². The lowest BCUT2D eigenvalue weighted by Crippen LogP contribution is -2.09. The minimum Gasteiger partial charge on any atom is -0.487 e. The molecule has 0 atom stereocenters. The summed E-state index contributed by atoms with van der Waals surface area (Å²) in [4.78, 5) is 16.6. The summed E-state index contributed by atoms with van der Waals surface area (Å²) in [6.45, 7) is 2.30. The summed E-state index contributed by atoms with van der Waals surface area (Å²) in [6.07, 6.45) is 0. The zero-order chi connectivity index (χ0) is 16.9. The fourth-order valence-electron chi connectivity index (χ4n) is 2.03. The number of para-hydroxylation sites is 1. The zero-order valence-electron chi connectivity index (χ0n) is 12.9. The largest absolute Gasteiger partial charge is 0.487 e. The number of aromatic nitrogens is 1. The first-order valence-corrected chi connectivity index (χ1v) is 8.48. The first-order chi connectivity index (χ1) is 11.6. The van der Waals surface area contributed by atoms with Gasteiger partial charge >= 0.3 is 5.97 Å². The maximum atomic E-state index is 12.2. The smallest absolute Gasteiger partial charge is 0.343 e. The maximum absolute atomic E-state index is 12.2. The normalized spacial score (nSPS) is 10.4. The Morgan fingerprint density at radius 1 is 1.21 bits per heavy atom. The van der Waals surface area contributed by atoms with E-state index in [4.69, 9.17) is 21.1 Å². The lowest BCUT2D eigenvalue weighted by Gasteiger charge is -2.08. The number of hydrogen-bond donors (Lipinski definition) is 0. The van der Waals surface area contributed by atoms with Gasteiger partial charge in [0.15, 0.2) is 0 Å². The molecule has 0 amide bonds. The van der Waals surface area contributed by atoms with Gasteiger partial charge in [0.05, 0.1) is 21.3 Å². The van der Waals surface area contributed by atoms with Gasteiger partial charge < -0.3 is 9.47 Å². The number of hydrogen-bond acceptors (Lipinski definition) is 5. The Hall–Kier alpha value is -2.37. The SMILES string of the molecule is Cc1nc(COc2cccc(C(=O)Oc3ccccc3Cl)c2)cs1. The molecule has 3 rings (SSSR count). The third-order valence-corrected chi connectivity index (χ3v) is 4.30. The Labute approximate surface area is 148 Å². The number of carbonyl (C=O) groups excluding carboxylic acids is 1. The molecule has 6 heteroatoms. The van der Waals surface area contributed by atoms with Crippen molar-refractivity contribution in [3.63, 3.8) is 0 Å². The molecular formula is C18H14ClNO3S. The van der Waals surface area contributed by atoms with Crippen molar-refractivity contribution in [2.24, 2.45) is 0 Å². The minimum atomic E-state index is -0.488. The average Bonchev–Trinajstić information content (AvgIpc) is 3.01. The van der Waals surface area contributed by atoms with Crippen LogP contribution in [0.5, 0.6) is 11.5 Å². The zero-order valence-corrected chi connectivity index (χ0v) is 14.4. The molecule has 1 heterocycles. The van der Waals surface area contributed by atoms with E-state index >= 15 is 0 Å². The number of ether oxygens (including phenoxy) is 2. The van der Waals surface area contributed by atoms with Crippen LogP contribution in [0.25, 0.3) is 0 Å². The molecule has 0 aliphatic heterocycles. The van der Waals surface area contributed by atoms with Gasteiger partial charge in [-0.05, 0) is 37.3 Å². The van der Waals surface area contributed by atoms with Crippen molar-refractivity contribution in [3.8, 4) is 11.5 Å². The van der Waals surface area contributed by atoms with E-state index in [9.17, 15) is 4.79 Å². The van der Waals surface area contributed by atoms with Crippen LogP contribution < -0.4 is 9.47 Å². The molecule has 0 radical (unpaired) electrons. The van der Waals surface area contributed by atoms with Gasteiger partial charge in [-0.2, -0.15) is 0 Å². The minimum absolute atomic E-state index is 0.327. The number of thiazole rings is 1. The van der Waals surface area contributed by atoms with E-state index in [-0.39, 0.29) is 0 Å². The van der Waals surface area contributed by atoms with Gasteiger partial charge in [-0.1, -0.05) is 29.8 Å². The first-order valence-electron chi connectivity index (χ1n) is 7.22.